The maximum absolute atomic E-state index is 11.6. The quantitative estimate of drug-likeness (QED) is 0.659. The highest BCUT2D eigenvalue weighted by Crippen LogP contribution is 2.30. The fraction of sp³-hybridized carbons (Fsp3) is 0.800. The number of amides is 1. The second kappa shape index (κ2) is 4.29. The Balaban J connectivity index is 1.97. The number of methoxy groups -OCH3 is 1. The molecular formula is C10H16N2O4. The molecule has 2 aliphatic rings. The topological polar surface area (TPSA) is 67.9 Å². The maximum atomic E-state index is 11.6. The van der Waals surface area contributed by atoms with Gasteiger partial charge in [-0.1, -0.05) is 0 Å². The number of carbonyl (C=O) groups excluding carboxylic acids is 2. The standard InChI is InChI=1S/C10H16N2O4/c1-15-8(13)6-12-7-10(16-9(12)14)2-4-11-5-3-10/h11H,2-7H2,1H3. The largest absolute Gasteiger partial charge is 0.468 e. The molecule has 1 amide bonds. The van der Waals surface area contributed by atoms with Gasteiger partial charge in [0.1, 0.15) is 12.1 Å². The van der Waals surface area contributed by atoms with Crippen molar-refractivity contribution in [2.24, 2.45) is 0 Å². The molecule has 0 radical (unpaired) electrons. The van der Waals surface area contributed by atoms with Crippen LogP contribution >= 0.6 is 0 Å². The zero-order valence-electron chi connectivity index (χ0n) is 9.32. The van der Waals surface area contributed by atoms with Gasteiger partial charge in [-0.25, -0.2) is 4.79 Å². The van der Waals surface area contributed by atoms with Crippen LogP contribution < -0.4 is 5.32 Å². The van der Waals surface area contributed by atoms with Crippen LogP contribution in [0.2, 0.25) is 0 Å². The van der Waals surface area contributed by atoms with Crippen molar-refractivity contribution >= 4 is 12.1 Å². The van der Waals surface area contributed by atoms with E-state index < -0.39 is 17.7 Å². The minimum Gasteiger partial charge on any atom is -0.468 e. The van der Waals surface area contributed by atoms with E-state index in [1.54, 1.807) is 0 Å². The molecule has 0 unspecified atom stereocenters. The van der Waals surface area contributed by atoms with Crippen LogP contribution in [0.4, 0.5) is 4.79 Å². The van der Waals surface area contributed by atoms with Crippen LogP contribution in [0.3, 0.4) is 0 Å². The van der Waals surface area contributed by atoms with Crippen molar-refractivity contribution in [2.75, 3.05) is 33.3 Å². The molecular weight excluding hydrogens is 212 g/mol. The molecule has 2 saturated heterocycles. The molecule has 2 rings (SSSR count). The van der Waals surface area contributed by atoms with Gasteiger partial charge in [0.2, 0.25) is 0 Å². The molecule has 16 heavy (non-hydrogen) atoms. The second-order valence-corrected chi connectivity index (χ2v) is 4.23. The van der Waals surface area contributed by atoms with Gasteiger partial charge in [0, 0.05) is 12.8 Å². The van der Waals surface area contributed by atoms with Gasteiger partial charge in [-0.05, 0) is 13.1 Å². The minimum atomic E-state index is -0.414. The molecule has 0 atom stereocenters. The third kappa shape index (κ3) is 2.11. The van der Waals surface area contributed by atoms with Gasteiger partial charge in [0.25, 0.3) is 0 Å². The first-order chi connectivity index (χ1) is 7.65. The lowest BCUT2D eigenvalue weighted by atomic mass is 9.92. The van der Waals surface area contributed by atoms with Gasteiger partial charge < -0.3 is 14.8 Å². The van der Waals surface area contributed by atoms with Crippen LogP contribution in [0.25, 0.3) is 0 Å². The third-order valence-corrected chi connectivity index (χ3v) is 3.10. The lowest BCUT2D eigenvalue weighted by Crippen LogP contribution is -2.45. The summed E-state index contributed by atoms with van der Waals surface area (Å²) in [6, 6.07) is 0. The van der Waals surface area contributed by atoms with E-state index in [2.05, 4.69) is 10.1 Å². The highest BCUT2D eigenvalue weighted by atomic mass is 16.6. The van der Waals surface area contributed by atoms with Gasteiger partial charge in [0.05, 0.1) is 13.7 Å². The van der Waals surface area contributed by atoms with Gasteiger partial charge >= 0.3 is 12.1 Å². The van der Waals surface area contributed by atoms with E-state index in [9.17, 15) is 9.59 Å². The number of hydrogen-bond donors (Lipinski definition) is 1. The molecule has 6 nitrogen and oxygen atoms in total. The first kappa shape index (κ1) is 11.2. The third-order valence-electron chi connectivity index (χ3n) is 3.10. The Bertz CT molecular complexity index is 299. The van der Waals surface area contributed by atoms with E-state index >= 15 is 0 Å². The molecule has 90 valence electrons. The smallest absolute Gasteiger partial charge is 0.411 e. The number of hydrogen-bond acceptors (Lipinski definition) is 5. The van der Waals surface area contributed by atoms with Crippen molar-refractivity contribution in [2.45, 2.75) is 18.4 Å². The second-order valence-electron chi connectivity index (χ2n) is 4.23. The summed E-state index contributed by atoms with van der Waals surface area (Å²) in [5.74, 6) is -0.414. The molecule has 2 heterocycles. The Hall–Kier alpha value is -1.30. The number of ether oxygens (including phenoxy) is 2. The van der Waals surface area contributed by atoms with Crippen LogP contribution in [0.1, 0.15) is 12.8 Å². The van der Waals surface area contributed by atoms with E-state index in [1.807, 2.05) is 0 Å². The highest BCUT2D eigenvalue weighted by molar-refractivity contribution is 5.79. The van der Waals surface area contributed by atoms with Crippen molar-refractivity contribution in [3.63, 3.8) is 0 Å². The Morgan fingerprint density at radius 2 is 2.25 bits per heavy atom. The van der Waals surface area contributed by atoms with Crippen LogP contribution in [-0.4, -0.2) is 55.9 Å². The molecule has 0 bridgehead atoms. The average molecular weight is 228 g/mol. The van der Waals surface area contributed by atoms with Crippen molar-refractivity contribution < 1.29 is 19.1 Å². The van der Waals surface area contributed by atoms with Gasteiger partial charge in [-0.3, -0.25) is 9.69 Å². The van der Waals surface area contributed by atoms with Gasteiger partial charge in [0.15, 0.2) is 0 Å². The molecule has 1 spiro atoms. The molecule has 0 aliphatic carbocycles. The summed E-state index contributed by atoms with van der Waals surface area (Å²) in [5, 5.41) is 3.22. The lowest BCUT2D eigenvalue weighted by Gasteiger charge is -2.31. The SMILES string of the molecule is COC(=O)CN1CC2(CCNCC2)OC1=O. The summed E-state index contributed by atoms with van der Waals surface area (Å²) >= 11 is 0. The summed E-state index contributed by atoms with van der Waals surface area (Å²) in [6.45, 7) is 2.16. The zero-order valence-corrected chi connectivity index (χ0v) is 9.32. The Kier molecular flexibility index (Phi) is 3.00. The Labute approximate surface area is 93.9 Å². The first-order valence-electron chi connectivity index (χ1n) is 5.41. The van der Waals surface area contributed by atoms with E-state index in [1.165, 1.54) is 12.0 Å². The Morgan fingerprint density at radius 1 is 1.56 bits per heavy atom. The van der Waals surface area contributed by atoms with E-state index in [0.717, 1.165) is 25.9 Å². The number of carbonyl (C=O) groups is 2. The summed E-state index contributed by atoms with van der Waals surface area (Å²) < 4.78 is 9.92. The molecule has 2 aliphatic heterocycles. The molecule has 0 saturated carbocycles. The molecule has 0 aromatic carbocycles. The van der Waals surface area contributed by atoms with Crippen molar-refractivity contribution in [3.05, 3.63) is 0 Å². The molecule has 1 N–H and O–H groups in total. The van der Waals surface area contributed by atoms with Gasteiger partial charge in [-0.15, -0.1) is 0 Å². The monoisotopic (exact) mass is 228 g/mol. The molecule has 6 heteroatoms. The van der Waals surface area contributed by atoms with Crippen LogP contribution in [0.15, 0.2) is 0 Å². The lowest BCUT2D eigenvalue weighted by molar-refractivity contribution is -0.141. The van der Waals surface area contributed by atoms with Crippen molar-refractivity contribution in [1.29, 1.82) is 0 Å². The normalized spacial score (nSPS) is 23.3. The highest BCUT2D eigenvalue weighted by Gasteiger charge is 2.46. The fourth-order valence-electron chi connectivity index (χ4n) is 2.18. The number of esters is 1. The maximum Gasteiger partial charge on any atom is 0.411 e. The van der Waals surface area contributed by atoms with E-state index in [0.29, 0.717) is 6.54 Å². The molecule has 2 fully saturated rings. The molecule has 0 aromatic rings. The number of piperidine rings is 1. The van der Waals surface area contributed by atoms with Gasteiger partial charge in [-0.2, -0.15) is 0 Å². The summed E-state index contributed by atoms with van der Waals surface area (Å²) in [6.07, 6.45) is 1.19. The van der Waals surface area contributed by atoms with Crippen LogP contribution in [0.5, 0.6) is 0 Å². The first-order valence-corrected chi connectivity index (χ1v) is 5.41. The average Bonchev–Trinajstić information content (AvgIpc) is 2.56. The van der Waals surface area contributed by atoms with Crippen molar-refractivity contribution in [3.8, 4) is 0 Å². The molecule has 0 aromatic heterocycles. The predicted molar refractivity (Wildman–Crippen MR) is 54.9 cm³/mol. The fourth-order valence-corrected chi connectivity index (χ4v) is 2.18. The summed E-state index contributed by atoms with van der Waals surface area (Å²) in [5.41, 5.74) is -0.393. The number of rotatable bonds is 2. The number of nitrogens with one attached hydrogen (secondary N) is 1. The van der Waals surface area contributed by atoms with E-state index in [-0.39, 0.29) is 6.54 Å². The van der Waals surface area contributed by atoms with Crippen molar-refractivity contribution in [1.82, 2.24) is 10.2 Å². The number of nitrogens with zero attached hydrogens (tertiary/aromatic N) is 1. The minimum absolute atomic E-state index is 0.0233. The summed E-state index contributed by atoms with van der Waals surface area (Å²) in [7, 11) is 1.31. The van der Waals surface area contributed by atoms with Crippen LogP contribution in [-0.2, 0) is 14.3 Å². The van der Waals surface area contributed by atoms with Crippen LogP contribution in [0, 0.1) is 0 Å². The van der Waals surface area contributed by atoms with E-state index in [4.69, 9.17) is 4.74 Å². The summed E-state index contributed by atoms with van der Waals surface area (Å²) in [4.78, 5) is 24.1. The Morgan fingerprint density at radius 3 is 2.88 bits per heavy atom. The zero-order chi connectivity index (χ0) is 11.6. The predicted octanol–water partition coefficient (Wildman–Crippen LogP) is -0.266.